The summed E-state index contributed by atoms with van der Waals surface area (Å²) in [6, 6.07) is 6.55. The van der Waals surface area contributed by atoms with E-state index < -0.39 is 10.0 Å². The molecule has 2 atom stereocenters. The van der Waals surface area contributed by atoms with Crippen LogP contribution in [0.15, 0.2) is 29.2 Å². The Hall–Kier alpha value is -0.950. The number of aliphatic hydroxyl groups excluding tert-OH is 1. The zero-order chi connectivity index (χ0) is 13.8. The molecular weight excluding hydrogens is 252 g/mol. The first-order valence-electron chi connectivity index (χ1n) is 5.85. The summed E-state index contributed by atoms with van der Waals surface area (Å²) >= 11 is 0. The van der Waals surface area contributed by atoms with Gasteiger partial charge in [0.05, 0.1) is 11.0 Å². The molecule has 0 radical (unpaired) electrons. The van der Waals surface area contributed by atoms with Gasteiger partial charge in [0, 0.05) is 6.04 Å². The number of primary sulfonamides is 1. The Kier molecular flexibility index (Phi) is 5.28. The minimum absolute atomic E-state index is 0.00505. The molecule has 4 N–H and O–H groups in total. The van der Waals surface area contributed by atoms with Gasteiger partial charge in [0.25, 0.3) is 0 Å². The third kappa shape index (κ3) is 4.73. The summed E-state index contributed by atoms with van der Waals surface area (Å²) in [4.78, 5) is 0.115. The molecule has 0 aromatic heterocycles. The molecule has 0 amide bonds. The van der Waals surface area contributed by atoms with Crippen LogP contribution in [-0.2, 0) is 10.0 Å². The van der Waals surface area contributed by atoms with Crippen LogP contribution in [0.1, 0.15) is 31.9 Å². The van der Waals surface area contributed by atoms with Gasteiger partial charge < -0.3 is 10.4 Å². The molecule has 2 unspecified atom stereocenters. The lowest BCUT2D eigenvalue weighted by Crippen LogP contribution is -2.23. The van der Waals surface area contributed by atoms with Crippen LogP contribution in [0.5, 0.6) is 0 Å². The highest BCUT2D eigenvalue weighted by atomic mass is 32.2. The van der Waals surface area contributed by atoms with Crippen LogP contribution < -0.4 is 10.5 Å². The van der Waals surface area contributed by atoms with Gasteiger partial charge >= 0.3 is 0 Å². The maximum Gasteiger partial charge on any atom is 0.238 e. The number of nitrogens with one attached hydrogen (secondary N) is 1. The van der Waals surface area contributed by atoms with Crippen molar-refractivity contribution in [3.8, 4) is 0 Å². The second-order valence-electron chi connectivity index (χ2n) is 4.43. The van der Waals surface area contributed by atoms with Crippen LogP contribution in [0.25, 0.3) is 0 Å². The number of hydrogen-bond donors (Lipinski definition) is 3. The van der Waals surface area contributed by atoms with Crippen molar-refractivity contribution in [2.75, 3.05) is 6.54 Å². The van der Waals surface area contributed by atoms with Gasteiger partial charge in [0.15, 0.2) is 0 Å². The van der Waals surface area contributed by atoms with Gasteiger partial charge in [-0.15, -0.1) is 0 Å². The summed E-state index contributed by atoms with van der Waals surface area (Å²) in [6.07, 6.45) is 0.305. The van der Waals surface area contributed by atoms with Gasteiger partial charge in [-0.05, 0) is 44.5 Å². The van der Waals surface area contributed by atoms with Crippen LogP contribution in [0.3, 0.4) is 0 Å². The van der Waals surface area contributed by atoms with Crippen molar-refractivity contribution in [2.24, 2.45) is 5.14 Å². The molecule has 1 aromatic rings. The lowest BCUT2D eigenvalue weighted by molar-refractivity contribution is 0.182. The van der Waals surface area contributed by atoms with Crippen molar-refractivity contribution >= 4 is 10.0 Å². The number of nitrogens with two attached hydrogens (primary N) is 1. The molecular formula is C12H20N2O3S. The third-order valence-corrected chi connectivity index (χ3v) is 3.61. The molecule has 0 heterocycles. The summed E-state index contributed by atoms with van der Waals surface area (Å²) in [5, 5.41) is 17.4. The maximum atomic E-state index is 11.2. The topological polar surface area (TPSA) is 92.4 Å². The highest BCUT2D eigenvalue weighted by molar-refractivity contribution is 7.89. The van der Waals surface area contributed by atoms with E-state index in [1.54, 1.807) is 19.1 Å². The standard InChI is InChI=1S/C12H20N2O3S/c1-9(15)6-7-14-10(2)11-4-3-5-12(8-11)18(13,16)17/h3-5,8-10,14-15H,6-7H2,1-2H3,(H2,13,16,17). The first-order chi connectivity index (χ1) is 8.30. The Bertz CT molecular complexity index is 486. The van der Waals surface area contributed by atoms with Gasteiger partial charge in [-0.3, -0.25) is 0 Å². The molecule has 0 aliphatic carbocycles. The third-order valence-electron chi connectivity index (χ3n) is 2.70. The number of sulfonamides is 1. The van der Waals surface area contributed by atoms with Gasteiger partial charge in [-0.1, -0.05) is 12.1 Å². The molecule has 6 heteroatoms. The Morgan fingerprint density at radius 3 is 2.61 bits per heavy atom. The molecule has 18 heavy (non-hydrogen) atoms. The Labute approximate surface area is 108 Å². The fourth-order valence-corrected chi connectivity index (χ4v) is 2.16. The van der Waals surface area contributed by atoms with Crippen molar-refractivity contribution < 1.29 is 13.5 Å². The number of hydrogen-bond acceptors (Lipinski definition) is 4. The second kappa shape index (κ2) is 6.29. The predicted octanol–water partition coefficient (Wildman–Crippen LogP) is 0.755. The molecule has 0 spiro atoms. The Balaban J connectivity index is 2.72. The fourth-order valence-electron chi connectivity index (χ4n) is 1.59. The monoisotopic (exact) mass is 272 g/mol. The van der Waals surface area contributed by atoms with Crippen molar-refractivity contribution in [1.29, 1.82) is 0 Å². The van der Waals surface area contributed by atoms with E-state index in [0.717, 1.165) is 5.56 Å². The summed E-state index contributed by atoms with van der Waals surface area (Å²) in [7, 11) is -3.66. The average molecular weight is 272 g/mol. The van der Waals surface area contributed by atoms with E-state index in [0.29, 0.717) is 13.0 Å². The highest BCUT2D eigenvalue weighted by Crippen LogP contribution is 2.16. The van der Waals surface area contributed by atoms with E-state index in [-0.39, 0.29) is 17.0 Å². The molecule has 5 nitrogen and oxygen atoms in total. The quantitative estimate of drug-likeness (QED) is 0.712. The van der Waals surface area contributed by atoms with E-state index in [9.17, 15) is 8.42 Å². The minimum atomic E-state index is -3.66. The van der Waals surface area contributed by atoms with E-state index >= 15 is 0 Å². The molecule has 0 aliphatic rings. The number of rotatable bonds is 6. The first kappa shape index (κ1) is 15.1. The summed E-state index contributed by atoms with van der Waals surface area (Å²) < 4.78 is 22.5. The summed E-state index contributed by atoms with van der Waals surface area (Å²) in [6.45, 7) is 4.33. The smallest absolute Gasteiger partial charge is 0.238 e. The molecule has 1 aromatic carbocycles. The first-order valence-corrected chi connectivity index (χ1v) is 7.39. The Morgan fingerprint density at radius 1 is 1.39 bits per heavy atom. The molecule has 102 valence electrons. The molecule has 1 rings (SSSR count). The van der Waals surface area contributed by atoms with Crippen molar-refractivity contribution in [2.45, 2.75) is 37.3 Å². The molecule has 0 saturated heterocycles. The number of aliphatic hydroxyl groups is 1. The Morgan fingerprint density at radius 2 is 2.06 bits per heavy atom. The fraction of sp³-hybridized carbons (Fsp3) is 0.500. The SMILES string of the molecule is CC(O)CCNC(C)c1cccc(S(N)(=O)=O)c1. The van der Waals surface area contributed by atoms with Gasteiger partial charge in [-0.25, -0.2) is 13.6 Å². The lowest BCUT2D eigenvalue weighted by Gasteiger charge is -2.15. The largest absolute Gasteiger partial charge is 0.393 e. The van der Waals surface area contributed by atoms with Crippen LogP contribution in [0, 0.1) is 0 Å². The highest BCUT2D eigenvalue weighted by Gasteiger charge is 2.11. The van der Waals surface area contributed by atoms with Gasteiger partial charge in [-0.2, -0.15) is 0 Å². The minimum Gasteiger partial charge on any atom is -0.393 e. The van der Waals surface area contributed by atoms with E-state index in [2.05, 4.69) is 5.32 Å². The van der Waals surface area contributed by atoms with Crippen molar-refractivity contribution in [1.82, 2.24) is 5.32 Å². The van der Waals surface area contributed by atoms with E-state index in [1.807, 2.05) is 13.0 Å². The molecule has 0 aliphatic heterocycles. The van der Waals surface area contributed by atoms with Crippen LogP contribution >= 0.6 is 0 Å². The summed E-state index contributed by atoms with van der Waals surface area (Å²) in [5.41, 5.74) is 0.854. The predicted molar refractivity (Wildman–Crippen MR) is 70.5 cm³/mol. The average Bonchev–Trinajstić information content (AvgIpc) is 2.27. The molecule has 0 bridgehead atoms. The maximum absolute atomic E-state index is 11.2. The van der Waals surface area contributed by atoms with Gasteiger partial charge in [0.1, 0.15) is 0 Å². The van der Waals surface area contributed by atoms with E-state index in [4.69, 9.17) is 10.2 Å². The zero-order valence-corrected chi connectivity index (χ0v) is 11.4. The van der Waals surface area contributed by atoms with Crippen molar-refractivity contribution in [3.63, 3.8) is 0 Å². The summed E-state index contributed by atoms with van der Waals surface area (Å²) in [5.74, 6) is 0. The van der Waals surface area contributed by atoms with Crippen LogP contribution in [0.4, 0.5) is 0 Å². The van der Waals surface area contributed by atoms with Crippen molar-refractivity contribution in [3.05, 3.63) is 29.8 Å². The van der Waals surface area contributed by atoms with Gasteiger partial charge in [0.2, 0.25) is 10.0 Å². The van der Waals surface area contributed by atoms with Crippen LogP contribution in [-0.4, -0.2) is 26.2 Å². The van der Waals surface area contributed by atoms with E-state index in [1.165, 1.54) is 6.07 Å². The molecule has 0 saturated carbocycles. The van der Waals surface area contributed by atoms with Crippen LogP contribution in [0.2, 0.25) is 0 Å². The second-order valence-corrected chi connectivity index (χ2v) is 5.99. The molecule has 0 fully saturated rings. The normalized spacial score (nSPS) is 15.3. The zero-order valence-electron chi connectivity index (χ0n) is 10.6. The number of benzene rings is 1. The lowest BCUT2D eigenvalue weighted by atomic mass is 10.1.